The van der Waals surface area contributed by atoms with E-state index in [9.17, 15) is 9.50 Å². The highest BCUT2D eigenvalue weighted by atomic mass is 19.1. The van der Waals surface area contributed by atoms with Crippen LogP contribution in [-0.2, 0) is 11.3 Å². The minimum atomic E-state index is -0.569. The van der Waals surface area contributed by atoms with Gasteiger partial charge >= 0.3 is 0 Å². The SMILES string of the molecule is CCNC(=NCc1ccc(F)c(C)c1)NCC(O)COCC1CC1. The molecule has 0 aliphatic heterocycles. The second kappa shape index (κ2) is 9.59. The van der Waals surface area contributed by atoms with E-state index in [1.807, 2.05) is 6.92 Å². The van der Waals surface area contributed by atoms with Crippen LogP contribution in [0.5, 0.6) is 0 Å². The Hall–Kier alpha value is -1.66. The summed E-state index contributed by atoms with van der Waals surface area (Å²) in [5.74, 6) is 1.12. The molecule has 1 aromatic rings. The van der Waals surface area contributed by atoms with E-state index >= 15 is 0 Å². The Labute approximate surface area is 143 Å². The molecule has 1 aliphatic rings. The summed E-state index contributed by atoms with van der Waals surface area (Å²) < 4.78 is 18.8. The standard InChI is InChI=1S/C18H28FN3O2/c1-3-20-18(21-9-15-6-7-17(19)13(2)8-15)22-10-16(23)12-24-11-14-4-5-14/h6-8,14,16,23H,3-5,9-12H2,1-2H3,(H2,20,21,22). The molecule has 5 nitrogen and oxygen atoms in total. The number of aryl methyl sites for hydroxylation is 1. The van der Waals surface area contributed by atoms with E-state index in [2.05, 4.69) is 15.6 Å². The van der Waals surface area contributed by atoms with Crippen LogP contribution in [0.4, 0.5) is 4.39 Å². The molecule has 1 fully saturated rings. The second-order valence-electron chi connectivity index (χ2n) is 6.29. The summed E-state index contributed by atoms with van der Waals surface area (Å²) in [7, 11) is 0. The molecule has 0 heterocycles. The van der Waals surface area contributed by atoms with Crippen LogP contribution < -0.4 is 10.6 Å². The average molecular weight is 337 g/mol. The van der Waals surface area contributed by atoms with E-state index in [1.54, 1.807) is 19.1 Å². The molecule has 0 radical (unpaired) electrons. The van der Waals surface area contributed by atoms with E-state index < -0.39 is 6.10 Å². The number of nitrogens with zero attached hydrogens (tertiary/aromatic N) is 1. The van der Waals surface area contributed by atoms with Crippen molar-refractivity contribution in [3.63, 3.8) is 0 Å². The molecular weight excluding hydrogens is 309 g/mol. The van der Waals surface area contributed by atoms with Crippen molar-refractivity contribution in [3.05, 3.63) is 35.1 Å². The molecule has 2 rings (SSSR count). The number of hydrogen-bond donors (Lipinski definition) is 3. The Balaban J connectivity index is 1.77. The molecule has 6 heteroatoms. The molecule has 0 aromatic heterocycles. The molecule has 0 amide bonds. The van der Waals surface area contributed by atoms with Crippen molar-refractivity contribution in [2.45, 2.75) is 39.3 Å². The van der Waals surface area contributed by atoms with E-state index in [1.165, 1.54) is 18.9 Å². The number of hydrogen-bond acceptors (Lipinski definition) is 3. The first-order valence-electron chi connectivity index (χ1n) is 8.61. The van der Waals surface area contributed by atoms with Gasteiger partial charge in [-0.2, -0.15) is 0 Å². The van der Waals surface area contributed by atoms with Gasteiger partial charge in [0, 0.05) is 19.7 Å². The molecule has 0 spiro atoms. The summed E-state index contributed by atoms with van der Waals surface area (Å²) in [5.41, 5.74) is 1.56. The van der Waals surface area contributed by atoms with Gasteiger partial charge in [0.15, 0.2) is 5.96 Å². The zero-order valence-electron chi connectivity index (χ0n) is 14.5. The highest BCUT2D eigenvalue weighted by molar-refractivity contribution is 5.79. The smallest absolute Gasteiger partial charge is 0.191 e. The molecule has 1 aromatic carbocycles. The number of aliphatic imine (C=N–C) groups is 1. The topological polar surface area (TPSA) is 65.9 Å². The van der Waals surface area contributed by atoms with Crippen LogP contribution in [0.15, 0.2) is 23.2 Å². The van der Waals surface area contributed by atoms with Crippen molar-refractivity contribution in [2.75, 3.05) is 26.3 Å². The minimum absolute atomic E-state index is 0.206. The summed E-state index contributed by atoms with van der Waals surface area (Å²) in [6.45, 7) is 6.35. The van der Waals surface area contributed by atoms with Gasteiger partial charge in [0.2, 0.25) is 0 Å². The van der Waals surface area contributed by atoms with Crippen molar-refractivity contribution < 1.29 is 14.2 Å². The van der Waals surface area contributed by atoms with E-state index in [-0.39, 0.29) is 5.82 Å². The second-order valence-corrected chi connectivity index (χ2v) is 6.29. The number of ether oxygens (including phenoxy) is 1. The number of aliphatic hydroxyl groups is 1. The lowest BCUT2D eigenvalue weighted by atomic mass is 10.1. The maximum absolute atomic E-state index is 13.3. The number of aliphatic hydroxyl groups excluding tert-OH is 1. The van der Waals surface area contributed by atoms with Crippen LogP contribution in [-0.4, -0.2) is 43.5 Å². The maximum Gasteiger partial charge on any atom is 0.191 e. The Morgan fingerprint density at radius 1 is 1.42 bits per heavy atom. The van der Waals surface area contributed by atoms with Gasteiger partial charge in [-0.15, -0.1) is 0 Å². The minimum Gasteiger partial charge on any atom is -0.389 e. The van der Waals surface area contributed by atoms with Crippen molar-refractivity contribution in [1.29, 1.82) is 0 Å². The van der Waals surface area contributed by atoms with E-state index in [0.717, 1.165) is 18.7 Å². The predicted octanol–water partition coefficient (Wildman–Crippen LogP) is 1.98. The molecule has 0 saturated heterocycles. The predicted molar refractivity (Wildman–Crippen MR) is 93.5 cm³/mol. The molecule has 3 N–H and O–H groups in total. The Morgan fingerprint density at radius 3 is 2.88 bits per heavy atom. The first kappa shape index (κ1) is 18.7. The van der Waals surface area contributed by atoms with Gasteiger partial charge < -0.3 is 20.5 Å². The molecule has 24 heavy (non-hydrogen) atoms. The molecule has 1 unspecified atom stereocenters. The van der Waals surface area contributed by atoms with Gasteiger partial charge in [-0.05, 0) is 49.8 Å². The van der Waals surface area contributed by atoms with Gasteiger partial charge in [-0.3, -0.25) is 0 Å². The number of rotatable bonds is 9. The molecule has 134 valence electrons. The molecular formula is C18H28FN3O2. The third-order valence-electron chi connectivity index (χ3n) is 3.85. The number of nitrogens with one attached hydrogen (secondary N) is 2. The number of benzene rings is 1. The lowest BCUT2D eigenvalue weighted by molar-refractivity contribution is 0.0345. The highest BCUT2D eigenvalue weighted by Crippen LogP contribution is 2.28. The average Bonchev–Trinajstić information content (AvgIpc) is 3.37. The molecule has 0 bridgehead atoms. The van der Waals surface area contributed by atoms with Crippen LogP contribution in [0.25, 0.3) is 0 Å². The van der Waals surface area contributed by atoms with E-state index in [0.29, 0.717) is 37.1 Å². The lowest BCUT2D eigenvalue weighted by Gasteiger charge is -2.15. The number of halogens is 1. The van der Waals surface area contributed by atoms with Crippen molar-refractivity contribution in [1.82, 2.24) is 10.6 Å². The van der Waals surface area contributed by atoms with Gasteiger partial charge in [0.25, 0.3) is 0 Å². The first-order chi connectivity index (χ1) is 11.6. The molecule has 1 saturated carbocycles. The molecule has 1 atom stereocenters. The van der Waals surface area contributed by atoms with Gasteiger partial charge in [0.1, 0.15) is 5.82 Å². The maximum atomic E-state index is 13.3. The van der Waals surface area contributed by atoms with Crippen LogP contribution in [0.2, 0.25) is 0 Å². The third kappa shape index (κ3) is 6.84. The van der Waals surface area contributed by atoms with Crippen molar-refractivity contribution in [3.8, 4) is 0 Å². The molecule has 1 aliphatic carbocycles. The van der Waals surface area contributed by atoms with Crippen LogP contribution >= 0.6 is 0 Å². The third-order valence-corrected chi connectivity index (χ3v) is 3.85. The first-order valence-corrected chi connectivity index (χ1v) is 8.61. The summed E-state index contributed by atoms with van der Waals surface area (Å²) >= 11 is 0. The zero-order chi connectivity index (χ0) is 17.4. The van der Waals surface area contributed by atoms with Crippen LogP contribution in [0, 0.1) is 18.7 Å². The van der Waals surface area contributed by atoms with E-state index in [4.69, 9.17) is 4.74 Å². The van der Waals surface area contributed by atoms with Crippen molar-refractivity contribution in [2.24, 2.45) is 10.9 Å². The largest absolute Gasteiger partial charge is 0.389 e. The summed E-state index contributed by atoms with van der Waals surface area (Å²) in [4.78, 5) is 4.47. The highest BCUT2D eigenvalue weighted by Gasteiger charge is 2.21. The van der Waals surface area contributed by atoms with Crippen LogP contribution in [0.3, 0.4) is 0 Å². The summed E-state index contributed by atoms with van der Waals surface area (Å²) in [6, 6.07) is 4.99. The van der Waals surface area contributed by atoms with Gasteiger partial charge in [-0.25, -0.2) is 9.38 Å². The Bertz CT molecular complexity index is 547. The Morgan fingerprint density at radius 2 is 2.21 bits per heavy atom. The van der Waals surface area contributed by atoms with Gasteiger partial charge in [-0.1, -0.05) is 12.1 Å². The van der Waals surface area contributed by atoms with Gasteiger partial charge in [0.05, 0.1) is 19.3 Å². The monoisotopic (exact) mass is 337 g/mol. The summed E-state index contributed by atoms with van der Waals surface area (Å²) in [6.07, 6.45) is 1.92. The normalized spacial score (nSPS) is 16.1. The fraction of sp³-hybridized carbons (Fsp3) is 0.611. The Kier molecular flexibility index (Phi) is 7.46. The fourth-order valence-electron chi connectivity index (χ4n) is 2.25. The van der Waals surface area contributed by atoms with Crippen molar-refractivity contribution >= 4 is 5.96 Å². The zero-order valence-corrected chi connectivity index (χ0v) is 14.5. The quantitative estimate of drug-likeness (QED) is 0.476. The summed E-state index contributed by atoms with van der Waals surface area (Å²) in [5, 5.41) is 16.2. The number of guanidine groups is 1. The van der Waals surface area contributed by atoms with Crippen LogP contribution in [0.1, 0.15) is 30.9 Å². The lowest BCUT2D eigenvalue weighted by Crippen LogP contribution is -2.42. The fourth-order valence-corrected chi connectivity index (χ4v) is 2.25.